The SMILES string of the molecule is C=CC(=O)N[C]12[CH]3[CH]4[CH]5[CH]1[Fe]45321678[CH]2[CH]1[CH]6[CH]7[CH]28. The molecule has 2 nitrogen and oxygen atoms in total. The van der Waals surface area contributed by atoms with Crippen molar-refractivity contribution in [3.05, 3.63) is 12.7 Å². The first kappa shape index (κ1) is 5.58. The third kappa shape index (κ3) is 0.0461. The number of amides is 1. The molecule has 1 N–H and O–H groups in total. The molecule has 10 aliphatic rings. The fraction of sp³-hybridized carbons (Fsp3) is 0.769. The molecule has 0 radical (unpaired) electrons. The molecule has 4 unspecified atom stereocenters. The van der Waals surface area contributed by atoms with Gasteiger partial charge < -0.3 is 0 Å². The van der Waals surface area contributed by atoms with Crippen LogP contribution in [0.25, 0.3) is 0 Å². The van der Waals surface area contributed by atoms with Gasteiger partial charge in [0.25, 0.3) is 0 Å². The van der Waals surface area contributed by atoms with Crippen LogP contribution in [0.4, 0.5) is 0 Å². The summed E-state index contributed by atoms with van der Waals surface area (Å²) in [5.74, 6) is 0.160. The summed E-state index contributed by atoms with van der Waals surface area (Å²) < 4.78 is 0.546. The van der Waals surface area contributed by atoms with Crippen LogP contribution in [-0.2, 0) is 11.3 Å². The second-order valence-corrected chi connectivity index (χ2v) is 33.9. The Hall–Kier alpha value is -0.271. The van der Waals surface area contributed by atoms with Gasteiger partial charge in [0, 0.05) is 0 Å². The first-order valence-corrected chi connectivity index (χ1v) is 12.9. The molecule has 0 aromatic carbocycles. The Morgan fingerprint density at radius 1 is 1.06 bits per heavy atom. The maximum atomic E-state index is 11.8. The fourth-order valence-electron chi connectivity index (χ4n) is 16.7. The third-order valence-electron chi connectivity index (χ3n) is 15.2. The first-order valence-electron chi connectivity index (χ1n) is 6.66. The number of carbonyl (C=O) groups excluding carboxylic acids is 1. The zero-order chi connectivity index (χ0) is 10.0. The third-order valence-corrected chi connectivity index (χ3v) is 57.4. The van der Waals surface area contributed by atoms with Crippen LogP contribution in [0.3, 0.4) is 0 Å². The second-order valence-electron chi connectivity index (χ2n) is 10.4. The van der Waals surface area contributed by atoms with Gasteiger partial charge >= 0.3 is 83.0 Å². The van der Waals surface area contributed by atoms with Gasteiger partial charge in [-0.3, -0.25) is 0 Å². The van der Waals surface area contributed by atoms with E-state index in [1.807, 2.05) is 0 Å². The van der Waals surface area contributed by atoms with E-state index in [0.717, 1.165) is 9.63 Å². The Balaban J connectivity index is 1.61. The van der Waals surface area contributed by atoms with Crippen molar-refractivity contribution in [2.75, 3.05) is 0 Å². The number of carbonyl (C=O) groups is 1. The van der Waals surface area contributed by atoms with E-state index in [-0.39, 0.29) is 5.91 Å². The van der Waals surface area contributed by atoms with Gasteiger partial charge in [0.1, 0.15) is 0 Å². The van der Waals surface area contributed by atoms with Gasteiger partial charge in [-0.2, -0.15) is 0 Å². The predicted molar refractivity (Wildman–Crippen MR) is 54.8 cm³/mol. The molecule has 0 aliphatic carbocycles. The number of hydrogen-bond donors (Lipinski definition) is 1. The molecule has 4 atom stereocenters. The van der Waals surface area contributed by atoms with Crippen molar-refractivity contribution in [2.45, 2.75) is 47.8 Å². The van der Waals surface area contributed by atoms with Gasteiger partial charge in [-0.05, 0) is 0 Å². The van der Waals surface area contributed by atoms with Gasteiger partial charge in [-0.1, -0.05) is 0 Å². The molecule has 16 heavy (non-hydrogen) atoms. The van der Waals surface area contributed by atoms with Crippen LogP contribution >= 0.6 is 0 Å². The molecule has 0 bridgehead atoms. The van der Waals surface area contributed by atoms with E-state index in [0.29, 0.717) is 4.44 Å². The van der Waals surface area contributed by atoms with Crippen LogP contribution < -0.4 is 5.32 Å². The van der Waals surface area contributed by atoms with Gasteiger partial charge in [0.2, 0.25) is 0 Å². The fourth-order valence-corrected chi connectivity index (χ4v) is 89.8. The quantitative estimate of drug-likeness (QED) is 0.596. The van der Waals surface area contributed by atoms with E-state index >= 15 is 0 Å². The summed E-state index contributed by atoms with van der Waals surface area (Å²) >= 11 is 0. The Kier molecular flexibility index (Phi) is 0.141. The summed E-state index contributed by atoms with van der Waals surface area (Å²) in [5, 5.41) is 3.56. The minimum absolute atomic E-state index is 0.160. The molecule has 1 spiro atoms. The van der Waals surface area contributed by atoms with Crippen molar-refractivity contribution in [3.63, 3.8) is 0 Å². The Morgan fingerprint density at radius 2 is 1.56 bits per heavy atom. The van der Waals surface area contributed by atoms with Crippen LogP contribution in [0.5, 0.6) is 0 Å². The van der Waals surface area contributed by atoms with Crippen LogP contribution in [-0.4, -0.2) is 10.3 Å². The zero-order valence-electron chi connectivity index (χ0n) is 8.74. The van der Waals surface area contributed by atoms with Crippen molar-refractivity contribution in [1.29, 1.82) is 0 Å². The Bertz CT molecular complexity index is 911. The normalized spacial score (nSPS) is 125. The van der Waals surface area contributed by atoms with E-state index in [1.54, 1.807) is 0 Å². The predicted octanol–water partition coefficient (Wildman–Crippen LogP) is 2.59. The molecule has 0 aromatic rings. The molecule has 10 heterocycles. The number of fused-ring (bicyclic) bond motifs is 10. The van der Waals surface area contributed by atoms with Gasteiger partial charge in [-0.25, -0.2) is 0 Å². The van der Waals surface area contributed by atoms with Gasteiger partial charge in [-0.15, -0.1) is 0 Å². The summed E-state index contributed by atoms with van der Waals surface area (Å²) in [6, 6.07) is 0. The van der Waals surface area contributed by atoms with E-state index in [9.17, 15) is 4.79 Å². The molecule has 10 rings (SSSR count). The van der Waals surface area contributed by atoms with E-state index < -0.39 is 6.51 Å². The van der Waals surface area contributed by atoms with Crippen molar-refractivity contribution in [2.24, 2.45) is 0 Å². The van der Waals surface area contributed by atoms with Crippen LogP contribution in [0, 0.1) is 0 Å². The number of hydrogen-bond acceptors (Lipinski definition) is 1. The maximum absolute atomic E-state index is 11.8. The summed E-state index contributed by atoms with van der Waals surface area (Å²) in [5.41, 5.74) is 0. The first-order chi connectivity index (χ1) is 7.50. The van der Waals surface area contributed by atoms with Crippen molar-refractivity contribution in [3.8, 4) is 0 Å². The summed E-state index contributed by atoms with van der Waals surface area (Å²) in [6.45, 7) is 0.652. The summed E-state index contributed by atoms with van der Waals surface area (Å²) in [4.78, 5) is 23.3. The second kappa shape index (κ2) is 0.406. The minimum atomic E-state index is -3.00. The molecule has 0 saturated carbocycles. The molecule has 10 aliphatic heterocycles. The average Bonchev–Trinajstić information content (AvgIpc) is 3.23. The van der Waals surface area contributed by atoms with E-state index in [1.165, 1.54) is 39.8 Å². The Labute approximate surface area is 83.1 Å². The molecule has 10 fully saturated rings. The topological polar surface area (TPSA) is 29.1 Å². The van der Waals surface area contributed by atoms with Gasteiger partial charge in [0.05, 0.1) is 0 Å². The van der Waals surface area contributed by atoms with Gasteiger partial charge in [0.15, 0.2) is 0 Å². The monoisotopic (exact) mass is 255 g/mol. The molecule has 84 valence electrons. The molecule has 3 heteroatoms. The Morgan fingerprint density at radius 3 is 1.81 bits per heavy atom. The van der Waals surface area contributed by atoms with Crippen LogP contribution in [0.2, 0.25) is 43.3 Å². The standard InChI is InChI=1S/C8H8NO.C5H5.Fe/c1-2-8(10)9-7-5-3-4-6-7;1-2-4-5-3-1;/h2-6H,1H2,(H,9,10);1-5H;. The van der Waals surface area contributed by atoms with Crippen LogP contribution in [0.15, 0.2) is 12.7 Å². The summed E-state index contributed by atoms with van der Waals surface area (Å²) in [6.07, 6.45) is 1.52. The average molecular weight is 255 g/mol. The van der Waals surface area contributed by atoms with Crippen molar-refractivity contribution < 1.29 is 11.3 Å². The number of rotatable bonds is 2. The van der Waals surface area contributed by atoms with E-state index in [4.69, 9.17) is 0 Å². The molecular formula is C13H13FeNO. The zero-order valence-corrected chi connectivity index (χ0v) is 9.85. The molecule has 10 saturated heterocycles. The molecule has 1 amide bonds. The van der Waals surface area contributed by atoms with Crippen LogP contribution in [0.1, 0.15) is 0 Å². The molecular weight excluding hydrogens is 242 g/mol. The van der Waals surface area contributed by atoms with E-state index in [2.05, 4.69) is 11.9 Å². The summed E-state index contributed by atoms with van der Waals surface area (Å²) in [7, 11) is 0. The number of nitrogens with one attached hydrogen (secondary N) is 1. The van der Waals surface area contributed by atoms with Crippen molar-refractivity contribution >= 4 is 5.91 Å². The van der Waals surface area contributed by atoms with Crippen molar-refractivity contribution in [1.82, 2.24) is 5.32 Å². The molecule has 0 aromatic heterocycles.